The van der Waals surface area contributed by atoms with E-state index in [4.69, 9.17) is 9.47 Å². The molecule has 1 aliphatic heterocycles. The minimum absolute atomic E-state index is 0.0287. The van der Waals surface area contributed by atoms with Crippen LogP contribution >= 0.6 is 0 Å². The van der Waals surface area contributed by atoms with Crippen molar-refractivity contribution in [1.82, 2.24) is 0 Å². The zero-order valence-electron chi connectivity index (χ0n) is 17.5. The zero-order valence-corrected chi connectivity index (χ0v) is 17.5. The Morgan fingerprint density at radius 2 is 1.86 bits per heavy atom. The molecule has 2 N–H and O–H groups in total. The van der Waals surface area contributed by atoms with Crippen molar-refractivity contribution in [3.63, 3.8) is 0 Å². The fraction of sp³-hybridized carbons (Fsp3) is 0.696. The van der Waals surface area contributed by atoms with Gasteiger partial charge in [0.1, 0.15) is 17.1 Å². The second-order valence-electron chi connectivity index (χ2n) is 10.1. The van der Waals surface area contributed by atoms with Crippen LogP contribution in [-0.4, -0.2) is 35.0 Å². The van der Waals surface area contributed by atoms with E-state index in [0.717, 1.165) is 37.7 Å². The van der Waals surface area contributed by atoms with Gasteiger partial charge in [-0.1, -0.05) is 20.8 Å². The normalized spacial score (nSPS) is 38.4. The van der Waals surface area contributed by atoms with Gasteiger partial charge in [0, 0.05) is 11.5 Å². The number of phenolic OH excluding ortho intramolecular Hbond substituents is 1. The fourth-order valence-electron chi connectivity index (χ4n) is 6.69. The lowest BCUT2D eigenvalue weighted by Gasteiger charge is -2.64. The maximum atomic E-state index is 11.9. The smallest absolute Gasteiger partial charge is 0.338 e. The summed E-state index contributed by atoms with van der Waals surface area (Å²) in [7, 11) is 1.33. The van der Waals surface area contributed by atoms with E-state index in [2.05, 4.69) is 27.7 Å². The molecule has 3 aliphatic rings. The average molecular weight is 389 g/mol. The van der Waals surface area contributed by atoms with Crippen LogP contribution in [0.2, 0.25) is 0 Å². The van der Waals surface area contributed by atoms with Gasteiger partial charge in [-0.15, -0.1) is 0 Å². The Bertz CT molecular complexity index is 815. The van der Waals surface area contributed by atoms with Crippen molar-refractivity contribution in [2.75, 3.05) is 7.11 Å². The number of fused-ring (bicyclic) bond motifs is 4. The molecule has 1 heterocycles. The number of rotatable bonds is 1. The molecule has 154 valence electrons. The molecule has 0 aromatic heterocycles. The third kappa shape index (κ3) is 2.58. The number of esters is 1. The molecule has 5 heteroatoms. The minimum atomic E-state index is -0.479. The molecule has 1 aromatic rings. The molecule has 0 unspecified atom stereocenters. The van der Waals surface area contributed by atoms with Crippen LogP contribution in [0.5, 0.6) is 11.5 Å². The van der Waals surface area contributed by atoms with Gasteiger partial charge >= 0.3 is 5.97 Å². The SMILES string of the molecule is COC(=O)c1cc(O)c2c(c1)O[C@]1(C)CC[C@H]3C(C)(C)[C@H](O)CC[C@]3(C)[C@H]1C2. The molecular weight excluding hydrogens is 356 g/mol. The number of hydrogen-bond donors (Lipinski definition) is 2. The summed E-state index contributed by atoms with van der Waals surface area (Å²) >= 11 is 0. The molecule has 0 saturated heterocycles. The van der Waals surface area contributed by atoms with Gasteiger partial charge in [0.2, 0.25) is 0 Å². The van der Waals surface area contributed by atoms with Crippen LogP contribution in [0.3, 0.4) is 0 Å². The maximum absolute atomic E-state index is 11.9. The first kappa shape index (κ1) is 19.6. The summed E-state index contributed by atoms with van der Waals surface area (Å²) in [6.45, 7) is 8.91. The largest absolute Gasteiger partial charge is 0.508 e. The molecule has 2 fully saturated rings. The summed E-state index contributed by atoms with van der Waals surface area (Å²) in [4.78, 5) is 11.9. The first-order valence-corrected chi connectivity index (χ1v) is 10.3. The molecule has 0 radical (unpaired) electrons. The van der Waals surface area contributed by atoms with E-state index in [1.807, 2.05) is 0 Å². The molecule has 4 rings (SSSR count). The van der Waals surface area contributed by atoms with Crippen molar-refractivity contribution in [3.05, 3.63) is 23.3 Å². The van der Waals surface area contributed by atoms with E-state index in [-0.39, 0.29) is 34.2 Å². The van der Waals surface area contributed by atoms with E-state index < -0.39 is 5.97 Å². The number of carbonyl (C=O) groups excluding carboxylic acids is 1. The van der Waals surface area contributed by atoms with Crippen LogP contribution in [0.15, 0.2) is 12.1 Å². The Morgan fingerprint density at radius 1 is 1.14 bits per heavy atom. The van der Waals surface area contributed by atoms with E-state index in [1.165, 1.54) is 13.2 Å². The quantitative estimate of drug-likeness (QED) is 0.709. The highest BCUT2D eigenvalue weighted by Crippen LogP contribution is 2.64. The monoisotopic (exact) mass is 388 g/mol. The van der Waals surface area contributed by atoms with Gasteiger partial charge < -0.3 is 19.7 Å². The highest BCUT2D eigenvalue weighted by atomic mass is 16.5. The number of carbonyl (C=O) groups is 1. The molecule has 5 nitrogen and oxygen atoms in total. The Morgan fingerprint density at radius 3 is 2.54 bits per heavy atom. The highest BCUT2D eigenvalue weighted by Gasteiger charge is 2.62. The van der Waals surface area contributed by atoms with Crippen LogP contribution in [0.4, 0.5) is 0 Å². The first-order chi connectivity index (χ1) is 13.0. The van der Waals surface area contributed by atoms with Gasteiger partial charge in [-0.3, -0.25) is 0 Å². The molecule has 5 atom stereocenters. The van der Waals surface area contributed by atoms with Crippen molar-refractivity contribution in [3.8, 4) is 11.5 Å². The second kappa shape index (κ2) is 6.12. The maximum Gasteiger partial charge on any atom is 0.338 e. The molecule has 0 bridgehead atoms. The summed E-state index contributed by atoms with van der Waals surface area (Å²) in [6, 6.07) is 3.18. The number of ether oxygens (including phenoxy) is 2. The standard InChI is InChI=1S/C23H32O5/c1-21(2)17-6-9-23(4)18(22(17,3)8-7-19(21)25)12-14-15(24)10-13(20(26)27-5)11-16(14)28-23/h10-11,17-19,24-25H,6-9,12H2,1-5H3/t17-,18+,19+,22-,23+/m0/s1. The summed E-state index contributed by atoms with van der Waals surface area (Å²) in [6.07, 6.45) is 4.11. The van der Waals surface area contributed by atoms with Crippen LogP contribution in [0, 0.1) is 22.7 Å². The van der Waals surface area contributed by atoms with Crippen LogP contribution in [-0.2, 0) is 11.2 Å². The number of aliphatic hydroxyl groups is 1. The van der Waals surface area contributed by atoms with Crippen molar-refractivity contribution in [2.45, 2.75) is 71.5 Å². The number of phenols is 1. The fourth-order valence-corrected chi connectivity index (χ4v) is 6.69. The number of aliphatic hydroxyl groups excluding tert-OH is 1. The Kier molecular flexibility index (Phi) is 4.28. The lowest BCUT2D eigenvalue weighted by Crippen LogP contribution is -2.63. The van der Waals surface area contributed by atoms with Gasteiger partial charge in [0.15, 0.2) is 0 Å². The predicted molar refractivity (Wildman–Crippen MR) is 106 cm³/mol. The van der Waals surface area contributed by atoms with Crippen molar-refractivity contribution >= 4 is 5.97 Å². The van der Waals surface area contributed by atoms with E-state index in [0.29, 0.717) is 17.2 Å². The average Bonchev–Trinajstić information content (AvgIpc) is 2.63. The Labute approximate surface area is 167 Å². The molecule has 28 heavy (non-hydrogen) atoms. The van der Waals surface area contributed by atoms with Crippen LogP contribution in [0.25, 0.3) is 0 Å². The zero-order chi connectivity index (χ0) is 20.5. The third-order valence-corrected chi connectivity index (χ3v) is 8.33. The summed E-state index contributed by atoms with van der Waals surface area (Å²) < 4.78 is 11.3. The topological polar surface area (TPSA) is 76.0 Å². The Balaban J connectivity index is 1.76. The first-order valence-electron chi connectivity index (χ1n) is 10.3. The molecular formula is C23H32O5. The van der Waals surface area contributed by atoms with E-state index in [9.17, 15) is 15.0 Å². The van der Waals surface area contributed by atoms with Gasteiger partial charge in [-0.05, 0) is 67.9 Å². The predicted octanol–water partition coefficient (Wildman–Crippen LogP) is 4.09. The summed E-state index contributed by atoms with van der Waals surface area (Å²) in [5.74, 6) is 0.862. The van der Waals surface area contributed by atoms with Gasteiger partial charge in [0.05, 0.1) is 18.8 Å². The van der Waals surface area contributed by atoms with Gasteiger partial charge in [-0.2, -0.15) is 0 Å². The van der Waals surface area contributed by atoms with Gasteiger partial charge in [-0.25, -0.2) is 4.79 Å². The van der Waals surface area contributed by atoms with Crippen molar-refractivity contribution < 1.29 is 24.5 Å². The summed E-state index contributed by atoms with van der Waals surface area (Å²) in [5, 5.41) is 21.3. The van der Waals surface area contributed by atoms with Crippen molar-refractivity contribution in [2.24, 2.45) is 22.7 Å². The highest BCUT2D eigenvalue weighted by molar-refractivity contribution is 5.90. The third-order valence-electron chi connectivity index (χ3n) is 8.33. The molecule has 0 spiro atoms. The van der Waals surface area contributed by atoms with Crippen LogP contribution in [0.1, 0.15) is 69.3 Å². The molecule has 1 aromatic carbocycles. The number of aromatic hydroxyl groups is 1. The molecule has 0 amide bonds. The van der Waals surface area contributed by atoms with Crippen LogP contribution < -0.4 is 4.74 Å². The number of methoxy groups -OCH3 is 1. The van der Waals surface area contributed by atoms with E-state index >= 15 is 0 Å². The second-order valence-corrected chi connectivity index (χ2v) is 10.1. The lowest BCUT2D eigenvalue weighted by atomic mass is 9.44. The number of benzene rings is 1. The molecule has 2 aliphatic carbocycles. The lowest BCUT2D eigenvalue weighted by molar-refractivity contribution is -0.191. The van der Waals surface area contributed by atoms with Crippen molar-refractivity contribution in [1.29, 1.82) is 0 Å². The van der Waals surface area contributed by atoms with E-state index in [1.54, 1.807) is 6.07 Å². The minimum Gasteiger partial charge on any atom is -0.508 e. The van der Waals surface area contributed by atoms with Gasteiger partial charge in [0.25, 0.3) is 0 Å². The Hall–Kier alpha value is -1.75. The number of hydrogen-bond acceptors (Lipinski definition) is 5. The summed E-state index contributed by atoms with van der Waals surface area (Å²) in [5.41, 5.74) is 0.632. The molecule has 2 saturated carbocycles.